The van der Waals surface area contributed by atoms with Crippen molar-refractivity contribution in [3.05, 3.63) is 0 Å². The molecule has 0 fully saturated rings. The van der Waals surface area contributed by atoms with Gasteiger partial charge in [0.05, 0.1) is 19.8 Å². The molecule has 0 spiro atoms. The van der Waals surface area contributed by atoms with Crippen molar-refractivity contribution in [1.82, 2.24) is 10.2 Å². The summed E-state index contributed by atoms with van der Waals surface area (Å²) in [7, 11) is 3.03. The largest absolute Gasteiger partial charge is 0.479 e. The van der Waals surface area contributed by atoms with Gasteiger partial charge in [-0.05, 0) is 6.92 Å². The van der Waals surface area contributed by atoms with E-state index in [0.29, 0.717) is 26.3 Å². The van der Waals surface area contributed by atoms with Crippen LogP contribution in [-0.2, 0) is 14.3 Å². The minimum Gasteiger partial charge on any atom is -0.479 e. The average molecular weight is 278 g/mol. The third kappa shape index (κ3) is 6.94. The Labute approximate surface area is 112 Å². The van der Waals surface area contributed by atoms with E-state index in [9.17, 15) is 14.7 Å². The molecule has 2 amide bonds. The molecule has 0 aliphatic rings. The van der Waals surface area contributed by atoms with Crippen LogP contribution in [0.1, 0.15) is 6.92 Å². The lowest BCUT2D eigenvalue weighted by molar-refractivity contribution is -0.155. The number of aliphatic carboxylic acids is 1. The maximum Gasteiger partial charge on any atom is 0.337 e. The lowest BCUT2D eigenvalue weighted by atomic mass is 10.1. The number of carbonyl (C=O) groups excluding carboxylic acids is 1. The molecule has 0 heterocycles. The smallest absolute Gasteiger partial charge is 0.337 e. The molecule has 0 saturated heterocycles. The van der Waals surface area contributed by atoms with Crippen LogP contribution < -0.4 is 5.32 Å². The zero-order valence-corrected chi connectivity index (χ0v) is 11.5. The number of aliphatic hydroxyl groups is 1. The lowest BCUT2D eigenvalue weighted by Gasteiger charge is -2.25. The molecule has 0 radical (unpaired) electrons. The van der Waals surface area contributed by atoms with Gasteiger partial charge in [0.15, 0.2) is 5.60 Å². The topological polar surface area (TPSA) is 108 Å². The average Bonchev–Trinajstić information content (AvgIpc) is 2.36. The number of hydrogen-bond acceptors (Lipinski definition) is 5. The van der Waals surface area contributed by atoms with Gasteiger partial charge in [0.1, 0.15) is 0 Å². The van der Waals surface area contributed by atoms with Gasteiger partial charge >= 0.3 is 12.0 Å². The van der Waals surface area contributed by atoms with Crippen LogP contribution in [0.15, 0.2) is 0 Å². The Morgan fingerprint density at radius 3 is 2.05 bits per heavy atom. The highest BCUT2D eigenvalue weighted by atomic mass is 16.5. The first-order valence-corrected chi connectivity index (χ1v) is 5.81. The fraction of sp³-hybridized carbons (Fsp3) is 0.818. The molecular formula is C11H22N2O6. The molecule has 0 saturated carbocycles. The molecule has 0 aromatic heterocycles. The molecule has 8 nitrogen and oxygen atoms in total. The Kier molecular flexibility index (Phi) is 8.05. The molecule has 1 unspecified atom stereocenters. The lowest BCUT2D eigenvalue weighted by Crippen LogP contribution is -2.51. The Hall–Kier alpha value is -1.38. The number of methoxy groups -OCH3 is 2. The summed E-state index contributed by atoms with van der Waals surface area (Å²) in [6.45, 7) is 2.14. The Morgan fingerprint density at radius 1 is 1.21 bits per heavy atom. The number of rotatable bonds is 9. The Morgan fingerprint density at radius 2 is 1.68 bits per heavy atom. The van der Waals surface area contributed by atoms with Gasteiger partial charge in [-0.1, -0.05) is 0 Å². The van der Waals surface area contributed by atoms with Crippen molar-refractivity contribution in [3.63, 3.8) is 0 Å². The predicted molar refractivity (Wildman–Crippen MR) is 67.0 cm³/mol. The molecule has 112 valence electrons. The van der Waals surface area contributed by atoms with Gasteiger partial charge < -0.3 is 29.9 Å². The van der Waals surface area contributed by atoms with Gasteiger partial charge in [-0.3, -0.25) is 0 Å². The van der Waals surface area contributed by atoms with Gasteiger partial charge in [0, 0.05) is 27.3 Å². The van der Waals surface area contributed by atoms with Crippen molar-refractivity contribution < 1.29 is 29.3 Å². The van der Waals surface area contributed by atoms with Crippen LogP contribution in [-0.4, -0.2) is 79.8 Å². The second-order valence-electron chi connectivity index (χ2n) is 4.21. The summed E-state index contributed by atoms with van der Waals surface area (Å²) in [5.74, 6) is -1.40. The van der Waals surface area contributed by atoms with Crippen molar-refractivity contribution in [2.75, 3.05) is 47.1 Å². The number of carboxylic acid groups (broad SMARTS) is 1. The maximum absolute atomic E-state index is 11.8. The molecule has 0 aromatic carbocycles. The quantitative estimate of drug-likeness (QED) is 0.506. The number of nitrogens with zero attached hydrogens (tertiary/aromatic N) is 1. The van der Waals surface area contributed by atoms with Crippen LogP contribution in [0.25, 0.3) is 0 Å². The second-order valence-corrected chi connectivity index (χ2v) is 4.21. The number of nitrogens with one attached hydrogen (secondary N) is 1. The van der Waals surface area contributed by atoms with E-state index in [4.69, 9.17) is 14.6 Å². The second kappa shape index (κ2) is 8.68. The highest BCUT2D eigenvalue weighted by Gasteiger charge is 2.30. The first kappa shape index (κ1) is 17.6. The van der Waals surface area contributed by atoms with Crippen molar-refractivity contribution in [2.45, 2.75) is 12.5 Å². The summed E-state index contributed by atoms with van der Waals surface area (Å²) in [5, 5.41) is 20.6. The number of carbonyl (C=O) groups is 2. The molecule has 3 N–H and O–H groups in total. The minimum atomic E-state index is -2.00. The van der Waals surface area contributed by atoms with Crippen LogP contribution in [0.5, 0.6) is 0 Å². The number of carboxylic acids is 1. The molecule has 0 bridgehead atoms. The van der Waals surface area contributed by atoms with E-state index in [1.54, 1.807) is 0 Å². The summed E-state index contributed by atoms with van der Waals surface area (Å²) in [5.41, 5.74) is -2.00. The summed E-state index contributed by atoms with van der Waals surface area (Å²) < 4.78 is 9.76. The van der Waals surface area contributed by atoms with E-state index in [0.717, 1.165) is 6.92 Å². The van der Waals surface area contributed by atoms with E-state index in [-0.39, 0.29) is 6.54 Å². The van der Waals surface area contributed by atoms with Crippen molar-refractivity contribution in [3.8, 4) is 0 Å². The summed E-state index contributed by atoms with van der Waals surface area (Å²) >= 11 is 0. The first-order valence-electron chi connectivity index (χ1n) is 5.81. The van der Waals surface area contributed by atoms with E-state index in [2.05, 4.69) is 5.32 Å². The van der Waals surface area contributed by atoms with Crippen molar-refractivity contribution >= 4 is 12.0 Å². The van der Waals surface area contributed by atoms with Gasteiger partial charge in [-0.25, -0.2) is 9.59 Å². The highest BCUT2D eigenvalue weighted by Crippen LogP contribution is 2.01. The summed E-state index contributed by atoms with van der Waals surface area (Å²) in [6, 6.07) is -0.476. The Bertz CT molecular complexity index is 287. The van der Waals surface area contributed by atoms with Gasteiger partial charge in [-0.2, -0.15) is 0 Å². The summed E-state index contributed by atoms with van der Waals surface area (Å²) in [4.78, 5) is 23.9. The molecular weight excluding hydrogens is 256 g/mol. The van der Waals surface area contributed by atoms with Gasteiger partial charge in [-0.15, -0.1) is 0 Å². The van der Waals surface area contributed by atoms with E-state index >= 15 is 0 Å². The number of amides is 2. The molecule has 0 aliphatic carbocycles. The number of urea groups is 1. The number of ether oxygens (including phenoxy) is 2. The van der Waals surface area contributed by atoms with Crippen LogP contribution >= 0.6 is 0 Å². The molecule has 0 aromatic rings. The van der Waals surface area contributed by atoms with Crippen molar-refractivity contribution in [2.24, 2.45) is 0 Å². The normalized spacial score (nSPS) is 13.7. The maximum atomic E-state index is 11.8. The van der Waals surface area contributed by atoms with Crippen LogP contribution in [0.3, 0.4) is 0 Å². The van der Waals surface area contributed by atoms with Gasteiger partial charge in [0.25, 0.3) is 0 Å². The van der Waals surface area contributed by atoms with E-state index in [1.807, 2.05) is 0 Å². The third-order valence-corrected chi connectivity index (χ3v) is 2.46. The fourth-order valence-electron chi connectivity index (χ4n) is 1.15. The zero-order chi connectivity index (χ0) is 14.9. The van der Waals surface area contributed by atoms with Crippen LogP contribution in [0, 0.1) is 0 Å². The fourth-order valence-corrected chi connectivity index (χ4v) is 1.15. The summed E-state index contributed by atoms with van der Waals surface area (Å²) in [6.07, 6.45) is 0. The number of hydrogen-bond donors (Lipinski definition) is 3. The van der Waals surface area contributed by atoms with Gasteiger partial charge in [0.2, 0.25) is 0 Å². The zero-order valence-electron chi connectivity index (χ0n) is 11.5. The highest BCUT2D eigenvalue weighted by molar-refractivity contribution is 5.79. The Balaban J connectivity index is 4.34. The predicted octanol–water partition coefficient (Wildman–Crippen LogP) is -0.874. The molecule has 8 heteroatoms. The molecule has 0 aliphatic heterocycles. The molecule has 1 atom stereocenters. The first-order chi connectivity index (χ1) is 8.85. The van der Waals surface area contributed by atoms with E-state index in [1.165, 1.54) is 19.1 Å². The third-order valence-electron chi connectivity index (χ3n) is 2.46. The minimum absolute atomic E-state index is 0.348. The monoisotopic (exact) mass is 278 g/mol. The van der Waals surface area contributed by atoms with Crippen LogP contribution in [0.4, 0.5) is 4.79 Å². The van der Waals surface area contributed by atoms with Crippen molar-refractivity contribution in [1.29, 1.82) is 0 Å². The standard InChI is InChI=1S/C11H22N2O6/c1-11(17,9(14)15)8-12-10(16)13(4-6-18-2)5-7-19-3/h17H,4-8H2,1-3H3,(H,12,16)(H,14,15). The molecule has 19 heavy (non-hydrogen) atoms. The van der Waals surface area contributed by atoms with Crippen LogP contribution in [0.2, 0.25) is 0 Å². The van der Waals surface area contributed by atoms with E-state index < -0.39 is 17.6 Å². The SMILES string of the molecule is COCCN(CCOC)C(=O)NCC(C)(O)C(=O)O. The molecule has 0 rings (SSSR count).